The van der Waals surface area contributed by atoms with E-state index < -0.39 is 5.60 Å². The van der Waals surface area contributed by atoms with E-state index in [9.17, 15) is 4.79 Å². The number of methoxy groups -OCH3 is 1. The third kappa shape index (κ3) is 2.89. The lowest BCUT2D eigenvalue weighted by Crippen LogP contribution is -2.41. The highest BCUT2D eigenvalue weighted by atomic mass is 32.1. The number of carbonyl (C=O) groups excluding carboxylic acids is 1. The molecule has 1 aromatic carbocycles. The van der Waals surface area contributed by atoms with Crippen LogP contribution >= 0.6 is 11.3 Å². The van der Waals surface area contributed by atoms with Gasteiger partial charge in [0.2, 0.25) is 0 Å². The molecule has 1 unspecified atom stereocenters. The minimum absolute atomic E-state index is 0.0134. The van der Waals surface area contributed by atoms with Crippen molar-refractivity contribution in [3.8, 4) is 5.75 Å². The maximum Gasteiger partial charge on any atom is 0.429 e. The lowest BCUT2D eigenvalue weighted by Gasteiger charge is -2.26. The molecular formula is C20H22N2O3S. The quantitative estimate of drug-likeness (QED) is 0.844. The minimum Gasteiger partial charge on any atom is -0.497 e. The summed E-state index contributed by atoms with van der Waals surface area (Å²) in [5, 5.41) is 3.60. The first-order valence-corrected chi connectivity index (χ1v) is 9.48. The Labute approximate surface area is 157 Å². The van der Waals surface area contributed by atoms with Crippen molar-refractivity contribution < 1.29 is 14.3 Å². The highest BCUT2D eigenvalue weighted by Gasteiger charge is 2.42. The number of ether oxygens (including phenoxy) is 2. The van der Waals surface area contributed by atoms with Crippen LogP contribution in [0, 0.1) is 0 Å². The Morgan fingerprint density at radius 1 is 1.31 bits per heavy atom. The molecule has 1 aliphatic heterocycles. The molecule has 2 aliphatic rings. The fraction of sp³-hybridized carbons (Fsp3) is 0.350. The van der Waals surface area contributed by atoms with Gasteiger partial charge in [0.25, 0.3) is 0 Å². The molecule has 1 atom stereocenters. The number of amides is 1. The lowest BCUT2D eigenvalue weighted by atomic mass is 10.1. The maximum atomic E-state index is 12.8. The van der Waals surface area contributed by atoms with E-state index in [0.29, 0.717) is 0 Å². The Morgan fingerprint density at radius 2 is 2.12 bits per heavy atom. The molecule has 26 heavy (non-hydrogen) atoms. The predicted molar refractivity (Wildman–Crippen MR) is 102 cm³/mol. The summed E-state index contributed by atoms with van der Waals surface area (Å²) in [5.74, 6) is 0.853. The number of nitrogens with zero attached hydrogens (tertiary/aromatic N) is 1. The standard InChI is InChI=1S/C20H22N2O3S/c1-20(2,3)25-19(23)22-18(16-6-5-9-26-16)15-11-12-10-13(24-4)7-8-14(12)17(15)21-22/h5-10,17,21H,11H2,1-4H3. The van der Waals surface area contributed by atoms with E-state index in [4.69, 9.17) is 9.47 Å². The number of hydrogen-bond donors (Lipinski definition) is 1. The zero-order valence-electron chi connectivity index (χ0n) is 15.3. The minimum atomic E-state index is -0.549. The fourth-order valence-corrected chi connectivity index (χ4v) is 4.27. The summed E-state index contributed by atoms with van der Waals surface area (Å²) in [7, 11) is 1.68. The van der Waals surface area contributed by atoms with E-state index in [0.717, 1.165) is 22.7 Å². The van der Waals surface area contributed by atoms with Crippen LogP contribution in [0.1, 0.15) is 42.8 Å². The van der Waals surface area contributed by atoms with Gasteiger partial charge in [0.15, 0.2) is 0 Å². The smallest absolute Gasteiger partial charge is 0.429 e. The zero-order valence-corrected chi connectivity index (χ0v) is 16.1. The van der Waals surface area contributed by atoms with Crippen molar-refractivity contribution in [1.29, 1.82) is 0 Å². The van der Waals surface area contributed by atoms with Gasteiger partial charge >= 0.3 is 6.09 Å². The average molecular weight is 370 g/mol. The molecular weight excluding hydrogens is 348 g/mol. The SMILES string of the molecule is COc1ccc2c(c1)CC1=C(c3cccs3)N(C(=O)OC(C)(C)C)NC12. The molecule has 0 saturated carbocycles. The third-order valence-electron chi connectivity index (χ3n) is 4.51. The second kappa shape index (κ2) is 6.14. The highest BCUT2D eigenvalue weighted by molar-refractivity contribution is 7.11. The van der Waals surface area contributed by atoms with Crippen molar-refractivity contribution in [2.45, 2.75) is 38.8 Å². The van der Waals surface area contributed by atoms with Crippen LogP contribution in [0.3, 0.4) is 0 Å². The summed E-state index contributed by atoms with van der Waals surface area (Å²) in [6.45, 7) is 5.63. The van der Waals surface area contributed by atoms with Crippen LogP contribution in [0.2, 0.25) is 0 Å². The second-order valence-corrected chi connectivity index (χ2v) is 8.42. The maximum absolute atomic E-state index is 12.8. The van der Waals surface area contributed by atoms with Gasteiger partial charge in [-0.15, -0.1) is 11.3 Å². The number of hydrazine groups is 1. The molecule has 1 aliphatic carbocycles. The molecule has 2 heterocycles. The Hall–Kier alpha value is -2.31. The van der Waals surface area contributed by atoms with Crippen molar-refractivity contribution in [3.05, 3.63) is 57.3 Å². The van der Waals surface area contributed by atoms with E-state index >= 15 is 0 Å². The van der Waals surface area contributed by atoms with E-state index in [1.807, 2.05) is 44.4 Å². The van der Waals surface area contributed by atoms with E-state index in [-0.39, 0.29) is 12.1 Å². The molecule has 0 radical (unpaired) electrons. The van der Waals surface area contributed by atoms with Crippen LogP contribution in [0.15, 0.2) is 41.3 Å². The topological polar surface area (TPSA) is 50.8 Å². The summed E-state index contributed by atoms with van der Waals surface area (Å²) in [4.78, 5) is 13.9. The summed E-state index contributed by atoms with van der Waals surface area (Å²) < 4.78 is 11.0. The van der Waals surface area contributed by atoms with Gasteiger partial charge in [-0.3, -0.25) is 0 Å². The monoisotopic (exact) mass is 370 g/mol. The van der Waals surface area contributed by atoms with E-state index in [2.05, 4.69) is 17.6 Å². The van der Waals surface area contributed by atoms with Crippen molar-refractivity contribution in [1.82, 2.24) is 10.4 Å². The first-order valence-electron chi connectivity index (χ1n) is 8.60. The Kier molecular flexibility index (Phi) is 4.04. The molecule has 5 nitrogen and oxygen atoms in total. The van der Waals surface area contributed by atoms with Gasteiger partial charge in [-0.25, -0.2) is 15.2 Å². The molecule has 1 amide bonds. The number of hydrogen-bond acceptors (Lipinski definition) is 5. The number of thiophene rings is 1. The Morgan fingerprint density at radius 3 is 2.77 bits per heavy atom. The summed E-state index contributed by atoms with van der Waals surface area (Å²) in [5.41, 5.74) is 7.33. The van der Waals surface area contributed by atoms with Gasteiger partial charge in [0.1, 0.15) is 11.4 Å². The average Bonchev–Trinajstić information content (AvgIpc) is 3.26. The van der Waals surface area contributed by atoms with Crippen LogP contribution in [-0.2, 0) is 11.2 Å². The molecule has 0 spiro atoms. The van der Waals surface area contributed by atoms with E-state index in [1.165, 1.54) is 16.7 Å². The van der Waals surface area contributed by atoms with Crippen molar-refractivity contribution in [2.24, 2.45) is 0 Å². The molecule has 0 saturated heterocycles. The number of rotatable bonds is 2. The van der Waals surface area contributed by atoms with Gasteiger partial charge in [-0.05, 0) is 67.5 Å². The van der Waals surface area contributed by atoms with Crippen molar-refractivity contribution >= 4 is 23.1 Å². The van der Waals surface area contributed by atoms with Crippen LogP contribution in [0.4, 0.5) is 4.79 Å². The molecule has 136 valence electrons. The van der Waals surface area contributed by atoms with Crippen LogP contribution < -0.4 is 10.2 Å². The normalized spacial score (nSPS) is 18.8. The van der Waals surface area contributed by atoms with Gasteiger partial charge in [-0.2, -0.15) is 0 Å². The fourth-order valence-electron chi connectivity index (χ4n) is 3.48. The molecule has 4 rings (SSSR count). The van der Waals surface area contributed by atoms with Crippen LogP contribution in [0.25, 0.3) is 5.70 Å². The van der Waals surface area contributed by atoms with E-state index in [1.54, 1.807) is 23.5 Å². The van der Waals surface area contributed by atoms with Crippen LogP contribution in [0.5, 0.6) is 5.75 Å². The number of benzene rings is 1. The third-order valence-corrected chi connectivity index (χ3v) is 5.38. The van der Waals surface area contributed by atoms with Gasteiger partial charge in [-0.1, -0.05) is 12.1 Å². The van der Waals surface area contributed by atoms with Gasteiger partial charge < -0.3 is 9.47 Å². The molecule has 0 bridgehead atoms. The molecule has 6 heteroatoms. The highest BCUT2D eigenvalue weighted by Crippen LogP contribution is 2.47. The predicted octanol–water partition coefficient (Wildman–Crippen LogP) is 4.52. The lowest BCUT2D eigenvalue weighted by molar-refractivity contribution is 0.0280. The molecule has 0 fully saturated rings. The summed E-state index contributed by atoms with van der Waals surface area (Å²) in [6.07, 6.45) is 0.411. The number of carbonyl (C=O) groups is 1. The number of fused-ring (bicyclic) bond motifs is 3. The largest absolute Gasteiger partial charge is 0.497 e. The van der Waals surface area contributed by atoms with Crippen LogP contribution in [-0.4, -0.2) is 23.8 Å². The molecule has 1 N–H and O–H groups in total. The Balaban J connectivity index is 1.75. The number of nitrogens with one attached hydrogen (secondary N) is 1. The molecule has 2 aromatic rings. The summed E-state index contributed by atoms with van der Waals surface area (Å²) >= 11 is 1.62. The van der Waals surface area contributed by atoms with Crippen molar-refractivity contribution in [3.63, 3.8) is 0 Å². The Bertz CT molecular complexity index is 881. The molecule has 1 aromatic heterocycles. The second-order valence-electron chi connectivity index (χ2n) is 7.47. The van der Waals surface area contributed by atoms with Gasteiger partial charge in [0.05, 0.1) is 23.7 Å². The van der Waals surface area contributed by atoms with Crippen molar-refractivity contribution in [2.75, 3.05) is 7.11 Å². The summed E-state index contributed by atoms with van der Waals surface area (Å²) in [6, 6.07) is 10.1. The zero-order chi connectivity index (χ0) is 18.5. The first kappa shape index (κ1) is 17.1. The first-order chi connectivity index (χ1) is 12.4. The van der Waals surface area contributed by atoms with Gasteiger partial charge in [0, 0.05) is 0 Å².